The number of fused-ring (bicyclic) bond motifs is 1. The van der Waals surface area contributed by atoms with E-state index >= 15 is 0 Å². The molecule has 3 aromatic rings. The number of hydrogen-bond acceptors (Lipinski definition) is 3. The first-order valence-corrected chi connectivity index (χ1v) is 10.8. The molecule has 3 aromatic carbocycles. The second-order valence-corrected chi connectivity index (χ2v) is 8.17. The predicted octanol–water partition coefficient (Wildman–Crippen LogP) is 4.21. The largest absolute Gasteiger partial charge is 0.362 e. The summed E-state index contributed by atoms with van der Waals surface area (Å²) < 4.78 is 13.2. The molecule has 2 heterocycles. The van der Waals surface area contributed by atoms with E-state index in [9.17, 15) is 14.0 Å². The topological polar surface area (TPSA) is 40.6 Å². The van der Waals surface area contributed by atoms with Gasteiger partial charge in [-0.3, -0.25) is 14.5 Å². The number of amides is 2. The Bertz CT molecular complexity index is 1200. The molecule has 2 aliphatic rings. The fraction of sp³-hybridized carbons (Fsp3) is 0.185. The molecule has 0 atom stereocenters. The lowest BCUT2D eigenvalue weighted by molar-refractivity contribution is -0.137. The van der Waals surface area contributed by atoms with Crippen LogP contribution in [0.2, 0.25) is 0 Å². The van der Waals surface area contributed by atoms with Gasteiger partial charge in [0.05, 0.1) is 5.57 Å². The SMILES string of the molecule is O=C1C(c2ccccc2)=C(N2CCc3ccccc3C2)C(=O)N1CCc1ccc(F)cc1. The van der Waals surface area contributed by atoms with Crippen molar-refractivity contribution in [1.82, 2.24) is 9.80 Å². The van der Waals surface area contributed by atoms with Gasteiger partial charge in [-0.1, -0.05) is 66.7 Å². The Labute approximate surface area is 186 Å². The van der Waals surface area contributed by atoms with Gasteiger partial charge in [0.15, 0.2) is 0 Å². The third kappa shape index (κ3) is 3.71. The van der Waals surface area contributed by atoms with Gasteiger partial charge in [-0.2, -0.15) is 0 Å². The summed E-state index contributed by atoms with van der Waals surface area (Å²) in [5.41, 5.74) is 5.06. The predicted molar refractivity (Wildman–Crippen MR) is 121 cm³/mol. The van der Waals surface area contributed by atoms with E-state index in [0.29, 0.717) is 30.8 Å². The summed E-state index contributed by atoms with van der Waals surface area (Å²) in [6.45, 7) is 1.55. The maximum Gasteiger partial charge on any atom is 0.277 e. The zero-order chi connectivity index (χ0) is 22.1. The van der Waals surface area contributed by atoms with E-state index in [2.05, 4.69) is 12.1 Å². The van der Waals surface area contributed by atoms with Gasteiger partial charge in [-0.25, -0.2) is 4.39 Å². The number of carbonyl (C=O) groups excluding carboxylic acids is 2. The van der Waals surface area contributed by atoms with Gasteiger partial charge in [0.1, 0.15) is 11.5 Å². The number of benzene rings is 3. The summed E-state index contributed by atoms with van der Waals surface area (Å²) in [7, 11) is 0. The Morgan fingerprint density at radius 1 is 0.781 bits per heavy atom. The van der Waals surface area contributed by atoms with E-state index in [4.69, 9.17) is 0 Å². The number of halogens is 1. The molecule has 0 bridgehead atoms. The van der Waals surface area contributed by atoms with Crippen molar-refractivity contribution in [3.05, 3.63) is 113 Å². The maximum absolute atomic E-state index is 13.5. The lowest BCUT2D eigenvalue weighted by atomic mass is 9.98. The first-order valence-electron chi connectivity index (χ1n) is 10.8. The van der Waals surface area contributed by atoms with Crippen molar-refractivity contribution in [2.24, 2.45) is 0 Å². The number of carbonyl (C=O) groups is 2. The standard InChI is InChI=1S/C27H23FN2O2/c28-23-12-10-19(11-13-23)14-17-30-26(31)24(21-7-2-1-3-8-21)25(27(30)32)29-16-15-20-6-4-5-9-22(20)18-29/h1-13H,14-18H2. The summed E-state index contributed by atoms with van der Waals surface area (Å²) in [6.07, 6.45) is 1.31. The molecule has 2 aliphatic heterocycles. The minimum Gasteiger partial charge on any atom is -0.362 e. The first kappa shape index (κ1) is 20.2. The van der Waals surface area contributed by atoms with Gasteiger partial charge >= 0.3 is 0 Å². The van der Waals surface area contributed by atoms with Gasteiger partial charge in [0, 0.05) is 19.6 Å². The lowest BCUT2D eigenvalue weighted by Crippen LogP contribution is -2.38. The number of imide groups is 1. The van der Waals surface area contributed by atoms with E-state index in [0.717, 1.165) is 17.5 Å². The highest BCUT2D eigenvalue weighted by molar-refractivity contribution is 6.35. The Morgan fingerprint density at radius 3 is 2.22 bits per heavy atom. The van der Waals surface area contributed by atoms with Crippen molar-refractivity contribution in [3.8, 4) is 0 Å². The highest BCUT2D eigenvalue weighted by Crippen LogP contribution is 2.34. The highest BCUT2D eigenvalue weighted by atomic mass is 19.1. The Balaban J connectivity index is 1.47. The third-order valence-electron chi connectivity index (χ3n) is 6.19. The minimum absolute atomic E-state index is 0.254. The molecule has 0 spiro atoms. The van der Waals surface area contributed by atoms with E-state index in [1.165, 1.54) is 28.2 Å². The molecule has 0 aliphatic carbocycles. The second-order valence-electron chi connectivity index (χ2n) is 8.17. The lowest BCUT2D eigenvalue weighted by Gasteiger charge is -2.31. The molecule has 0 aromatic heterocycles. The number of hydrogen-bond donors (Lipinski definition) is 0. The molecule has 0 fully saturated rings. The molecule has 5 rings (SSSR count). The molecular weight excluding hydrogens is 403 g/mol. The molecular formula is C27H23FN2O2. The van der Waals surface area contributed by atoms with E-state index in [1.807, 2.05) is 47.4 Å². The Morgan fingerprint density at radius 2 is 1.47 bits per heavy atom. The molecule has 32 heavy (non-hydrogen) atoms. The summed E-state index contributed by atoms with van der Waals surface area (Å²) in [6, 6.07) is 23.8. The smallest absolute Gasteiger partial charge is 0.277 e. The van der Waals surface area contributed by atoms with Crippen molar-refractivity contribution in [2.75, 3.05) is 13.1 Å². The zero-order valence-corrected chi connectivity index (χ0v) is 17.6. The van der Waals surface area contributed by atoms with E-state index in [1.54, 1.807) is 12.1 Å². The van der Waals surface area contributed by atoms with Crippen LogP contribution in [0.25, 0.3) is 5.57 Å². The van der Waals surface area contributed by atoms with Crippen LogP contribution in [0.1, 0.15) is 22.3 Å². The zero-order valence-electron chi connectivity index (χ0n) is 17.6. The van der Waals surface area contributed by atoms with Crippen LogP contribution < -0.4 is 0 Å². The van der Waals surface area contributed by atoms with Crippen molar-refractivity contribution in [3.63, 3.8) is 0 Å². The van der Waals surface area contributed by atoms with Gasteiger partial charge in [0.25, 0.3) is 11.8 Å². The molecule has 0 radical (unpaired) electrons. The summed E-state index contributed by atoms with van der Waals surface area (Å²) in [5, 5.41) is 0. The molecule has 4 nitrogen and oxygen atoms in total. The number of rotatable bonds is 5. The van der Waals surface area contributed by atoms with Crippen LogP contribution in [-0.2, 0) is 29.0 Å². The van der Waals surface area contributed by atoms with Crippen molar-refractivity contribution < 1.29 is 14.0 Å². The summed E-state index contributed by atoms with van der Waals surface area (Å²) >= 11 is 0. The normalized spacial score (nSPS) is 16.0. The first-order chi connectivity index (χ1) is 15.6. The van der Waals surface area contributed by atoms with Crippen LogP contribution in [-0.4, -0.2) is 34.7 Å². The van der Waals surface area contributed by atoms with Crippen molar-refractivity contribution in [1.29, 1.82) is 0 Å². The van der Waals surface area contributed by atoms with Crippen LogP contribution in [0.3, 0.4) is 0 Å². The third-order valence-corrected chi connectivity index (χ3v) is 6.19. The quantitative estimate of drug-likeness (QED) is 0.574. The molecule has 5 heteroatoms. The molecule has 0 saturated heterocycles. The second kappa shape index (κ2) is 8.42. The molecule has 0 saturated carbocycles. The summed E-state index contributed by atoms with van der Waals surface area (Å²) in [5.74, 6) is -0.824. The van der Waals surface area contributed by atoms with Gasteiger partial charge in [-0.05, 0) is 47.2 Å². The molecule has 0 N–H and O–H groups in total. The minimum atomic E-state index is -0.303. The van der Waals surface area contributed by atoms with Crippen LogP contribution in [0.5, 0.6) is 0 Å². The van der Waals surface area contributed by atoms with Crippen LogP contribution in [0.15, 0.2) is 84.6 Å². The van der Waals surface area contributed by atoms with E-state index in [-0.39, 0.29) is 24.2 Å². The Kier molecular flexibility index (Phi) is 5.31. The van der Waals surface area contributed by atoms with Crippen molar-refractivity contribution in [2.45, 2.75) is 19.4 Å². The Hall–Kier alpha value is -3.73. The van der Waals surface area contributed by atoms with Gasteiger partial charge < -0.3 is 4.90 Å². The average molecular weight is 426 g/mol. The van der Waals surface area contributed by atoms with Crippen LogP contribution >= 0.6 is 0 Å². The van der Waals surface area contributed by atoms with E-state index < -0.39 is 0 Å². The average Bonchev–Trinajstić information content (AvgIpc) is 3.08. The maximum atomic E-state index is 13.5. The monoisotopic (exact) mass is 426 g/mol. The highest BCUT2D eigenvalue weighted by Gasteiger charge is 2.41. The van der Waals surface area contributed by atoms with Crippen molar-refractivity contribution >= 4 is 17.4 Å². The number of nitrogens with zero attached hydrogens (tertiary/aromatic N) is 2. The molecule has 160 valence electrons. The summed E-state index contributed by atoms with van der Waals surface area (Å²) in [4.78, 5) is 30.4. The fourth-order valence-electron chi connectivity index (χ4n) is 4.50. The fourth-order valence-corrected chi connectivity index (χ4v) is 4.50. The molecule has 0 unspecified atom stereocenters. The molecule has 2 amide bonds. The van der Waals surface area contributed by atoms with Gasteiger partial charge in [-0.15, -0.1) is 0 Å². The van der Waals surface area contributed by atoms with Crippen LogP contribution in [0.4, 0.5) is 4.39 Å². The van der Waals surface area contributed by atoms with Gasteiger partial charge in [0.2, 0.25) is 0 Å². The van der Waals surface area contributed by atoms with Crippen LogP contribution in [0, 0.1) is 5.82 Å².